The highest BCUT2D eigenvalue weighted by Crippen LogP contribution is 2.20. The van der Waals surface area contributed by atoms with E-state index < -0.39 is 0 Å². The summed E-state index contributed by atoms with van der Waals surface area (Å²) in [6, 6.07) is 0. The van der Waals surface area contributed by atoms with Crippen molar-refractivity contribution in [2.24, 2.45) is 11.1 Å². The topological polar surface area (TPSA) is 38.0 Å². The van der Waals surface area contributed by atoms with Crippen LogP contribution in [0.1, 0.15) is 27.2 Å². The number of nitrogens with one attached hydrogen (secondary N) is 1. The standard InChI is InChI=1S/C9H20N2/c1-8(9(2,3)4)11-7-5-6-10/h11H,1,5-7,10H2,2-4H3. The molecule has 0 aromatic carbocycles. The Morgan fingerprint density at radius 3 is 2.36 bits per heavy atom. The van der Waals surface area contributed by atoms with Crippen LogP contribution in [0.3, 0.4) is 0 Å². The summed E-state index contributed by atoms with van der Waals surface area (Å²) in [6.45, 7) is 12.1. The molecular formula is C9H20N2. The summed E-state index contributed by atoms with van der Waals surface area (Å²) >= 11 is 0. The SMILES string of the molecule is C=C(NCCCN)C(C)(C)C. The molecule has 0 saturated heterocycles. The summed E-state index contributed by atoms with van der Waals surface area (Å²) in [4.78, 5) is 0. The summed E-state index contributed by atoms with van der Waals surface area (Å²) in [6.07, 6.45) is 1.01. The van der Waals surface area contributed by atoms with Gasteiger partial charge in [-0.1, -0.05) is 27.4 Å². The summed E-state index contributed by atoms with van der Waals surface area (Å²) in [5, 5.41) is 3.25. The van der Waals surface area contributed by atoms with E-state index in [9.17, 15) is 0 Å². The fraction of sp³-hybridized carbons (Fsp3) is 0.778. The molecular weight excluding hydrogens is 136 g/mol. The van der Waals surface area contributed by atoms with Gasteiger partial charge in [0.15, 0.2) is 0 Å². The van der Waals surface area contributed by atoms with Gasteiger partial charge in [0.05, 0.1) is 0 Å². The predicted octanol–water partition coefficient (Wildman–Crippen LogP) is 1.48. The van der Waals surface area contributed by atoms with Crippen LogP contribution in [0.4, 0.5) is 0 Å². The van der Waals surface area contributed by atoms with E-state index in [4.69, 9.17) is 5.73 Å². The maximum Gasteiger partial charge on any atom is 0.0155 e. The maximum atomic E-state index is 5.35. The Labute approximate surface area is 69.9 Å². The summed E-state index contributed by atoms with van der Waals surface area (Å²) in [7, 11) is 0. The molecule has 0 saturated carbocycles. The van der Waals surface area contributed by atoms with Gasteiger partial charge >= 0.3 is 0 Å². The lowest BCUT2D eigenvalue weighted by atomic mass is 9.93. The molecule has 0 aromatic rings. The summed E-state index contributed by atoms with van der Waals surface area (Å²) < 4.78 is 0. The first-order valence-corrected chi connectivity index (χ1v) is 4.12. The first-order chi connectivity index (χ1) is 4.98. The van der Waals surface area contributed by atoms with Crippen molar-refractivity contribution in [1.29, 1.82) is 0 Å². The summed E-state index contributed by atoms with van der Waals surface area (Å²) in [5.41, 5.74) is 6.60. The van der Waals surface area contributed by atoms with E-state index in [2.05, 4.69) is 32.7 Å². The van der Waals surface area contributed by atoms with Crippen LogP contribution in [-0.2, 0) is 0 Å². The molecule has 2 heteroatoms. The molecule has 0 spiro atoms. The lowest BCUT2D eigenvalue weighted by molar-refractivity contribution is 0.460. The quantitative estimate of drug-likeness (QED) is 0.605. The molecule has 0 aliphatic carbocycles. The van der Waals surface area contributed by atoms with Crippen LogP contribution in [0.25, 0.3) is 0 Å². The van der Waals surface area contributed by atoms with Gasteiger partial charge in [0.1, 0.15) is 0 Å². The molecule has 0 aliphatic heterocycles. The van der Waals surface area contributed by atoms with E-state index in [0.717, 1.165) is 25.2 Å². The molecule has 2 nitrogen and oxygen atoms in total. The molecule has 0 bridgehead atoms. The molecule has 0 rings (SSSR count). The zero-order valence-corrected chi connectivity index (χ0v) is 7.91. The average molecular weight is 156 g/mol. The van der Waals surface area contributed by atoms with Gasteiger partial charge in [0.25, 0.3) is 0 Å². The van der Waals surface area contributed by atoms with Crippen molar-refractivity contribution in [1.82, 2.24) is 5.32 Å². The van der Waals surface area contributed by atoms with Crippen LogP contribution in [0, 0.1) is 5.41 Å². The van der Waals surface area contributed by atoms with Crippen molar-refractivity contribution in [2.75, 3.05) is 13.1 Å². The van der Waals surface area contributed by atoms with Crippen molar-refractivity contribution >= 4 is 0 Å². The monoisotopic (exact) mass is 156 g/mol. The Kier molecular flexibility index (Phi) is 4.19. The molecule has 0 amide bonds. The fourth-order valence-electron chi connectivity index (χ4n) is 0.607. The Hall–Kier alpha value is -0.500. The van der Waals surface area contributed by atoms with Crippen LogP contribution in [0.2, 0.25) is 0 Å². The van der Waals surface area contributed by atoms with Crippen molar-refractivity contribution in [2.45, 2.75) is 27.2 Å². The van der Waals surface area contributed by atoms with Crippen molar-refractivity contribution in [3.63, 3.8) is 0 Å². The first kappa shape index (κ1) is 10.5. The molecule has 0 aliphatic rings. The largest absolute Gasteiger partial charge is 0.388 e. The van der Waals surface area contributed by atoms with Crippen LogP contribution in [0.5, 0.6) is 0 Å². The Balaban J connectivity index is 3.54. The van der Waals surface area contributed by atoms with Gasteiger partial charge in [-0.2, -0.15) is 0 Å². The maximum absolute atomic E-state index is 5.35. The molecule has 0 unspecified atom stereocenters. The van der Waals surface area contributed by atoms with Crippen molar-refractivity contribution < 1.29 is 0 Å². The van der Waals surface area contributed by atoms with Gasteiger partial charge in [-0.15, -0.1) is 0 Å². The highest BCUT2D eigenvalue weighted by Gasteiger charge is 2.13. The van der Waals surface area contributed by atoms with Crippen molar-refractivity contribution in [3.8, 4) is 0 Å². The van der Waals surface area contributed by atoms with E-state index >= 15 is 0 Å². The minimum absolute atomic E-state index is 0.161. The Morgan fingerprint density at radius 1 is 1.45 bits per heavy atom. The normalized spacial score (nSPS) is 11.3. The smallest absolute Gasteiger partial charge is 0.0155 e. The van der Waals surface area contributed by atoms with Gasteiger partial charge in [0, 0.05) is 17.7 Å². The zero-order valence-electron chi connectivity index (χ0n) is 7.91. The van der Waals surface area contributed by atoms with Crippen molar-refractivity contribution in [3.05, 3.63) is 12.3 Å². The van der Waals surface area contributed by atoms with Gasteiger partial charge in [-0.05, 0) is 13.0 Å². The highest BCUT2D eigenvalue weighted by atomic mass is 14.9. The Bertz CT molecular complexity index is 122. The van der Waals surface area contributed by atoms with Gasteiger partial charge in [0.2, 0.25) is 0 Å². The van der Waals surface area contributed by atoms with Crippen LogP contribution < -0.4 is 11.1 Å². The second-order valence-electron chi connectivity index (χ2n) is 3.80. The molecule has 3 N–H and O–H groups in total. The van der Waals surface area contributed by atoms with Crippen LogP contribution in [0.15, 0.2) is 12.3 Å². The third kappa shape index (κ3) is 4.85. The number of allylic oxidation sites excluding steroid dienone is 1. The molecule has 0 aromatic heterocycles. The lowest BCUT2D eigenvalue weighted by Gasteiger charge is -2.22. The number of rotatable bonds is 4. The first-order valence-electron chi connectivity index (χ1n) is 4.12. The molecule has 66 valence electrons. The Morgan fingerprint density at radius 2 is 2.00 bits per heavy atom. The zero-order chi connectivity index (χ0) is 8.91. The minimum Gasteiger partial charge on any atom is -0.388 e. The fourth-order valence-corrected chi connectivity index (χ4v) is 0.607. The number of hydrogen-bond acceptors (Lipinski definition) is 2. The molecule has 11 heavy (non-hydrogen) atoms. The van der Waals surface area contributed by atoms with E-state index in [1.165, 1.54) is 0 Å². The predicted molar refractivity (Wildman–Crippen MR) is 50.3 cm³/mol. The average Bonchev–Trinajstić information content (AvgIpc) is 1.86. The minimum atomic E-state index is 0.161. The molecule has 0 radical (unpaired) electrons. The van der Waals surface area contributed by atoms with Gasteiger partial charge in [-0.25, -0.2) is 0 Å². The van der Waals surface area contributed by atoms with Crippen LogP contribution >= 0.6 is 0 Å². The second-order valence-corrected chi connectivity index (χ2v) is 3.80. The van der Waals surface area contributed by atoms with Gasteiger partial charge in [-0.3, -0.25) is 0 Å². The van der Waals surface area contributed by atoms with Crippen LogP contribution in [-0.4, -0.2) is 13.1 Å². The molecule has 0 fully saturated rings. The molecule has 0 atom stereocenters. The third-order valence-corrected chi connectivity index (χ3v) is 1.62. The van der Waals surface area contributed by atoms with E-state index in [1.807, 2.05) is 0 Å². The number of nitrogens with two attached hydrogens (primary N) is 1. The molecule has 0 heterocycles. The highest BCUT2D eigenvalue weighted by molar-refractivity contribution is 5.02. The second kappa shape index (κ2) is 4.39. The third-order valence-electron chi connectivity index (χ3n) is 1.62. The summed E-state index contributed by atoms with van der Waals surface area (Å²) in [5.74, 6) is 0. The van der Waals surface area contributed by atoms with Gasteiger partial charge < -0.3 is 11.1 Å². The lowest BCUT2D eigenvalue weighted by Crippen LogP contribution is -2.25. The van der Waals surface area contributed by atoms with E-state index in [0.29, 0.717) is 0 Å². The van der Waals surface area contributed by atoms with E-state index in [-0.39, 0.29) is 5.41 Å². The van der Waals surface area contributed by atoms with E-state index in [1.54, 1.807) is 0 Å². The number of hydrogen-bond donors (Lipinski definition) is 2.